The van der Waals surface area contributed by atoms with Crippen LogP contribution in [0, 0.1) is 5.92 Å². The molecule has 1 aromatic heterocycles. The Balaban J connectivity index is 1.65. The topological polar surface area (TPSA) is 59.2 Å². The molecule has 2 aliphatic rings. The Morgan fingerprint density at radius 2 is 2.16 bits per heavy atom. The van der Waals surface area contributed by atoms with E-state index in [-0.39, 0.29) is 6.10 Å². The van der Waals surface area contributed by atoms with Crippen LogP contribution in [0.5, 0.6) is 0 Å². The molecule has 1 saturated carbocycles. The summed E-state index contributed by atoms with van der Waals surface area (Å²) in [5, 5.41) is 15.0. The minimum absolute atomic E-state index is 0.302. The maximum atomic E-state index is 9.92. The lowest BCUT2D eigenvalue weighted by atomic mass is 10.1. The molecule has 106 valence electrons. The Morgan fingerprint density at radius 3 is 2.89 bits per heavy atom. The highest BCUT2D eigenvalue weighted by molar-refractivity contribution is 8.06. The summed E-state index contributed by atoms with van der Waals surface area (Å²) in [7, 11) is 0. The van der Waals surface area contributed by atoms with E-state index in [9.17, 15) is 5.11 Å². The zero-order chi connectivity index (χ0) is 13.2. The van der Waals surface area contributed by atoms with Crippen molar-refractivity contribution in [2.75, 3.05) is 11.5 Å². The first-order chi connectivity index (χ1) is 9.28. The lowest BCUT2D eigenvalue weighted by Crippen LogP contribution is -2.19. The summed E-state index contributed by atoms with van der Waals surface area (Å²) in [4.78, 5) is 4.51. The maximum Gasteiger partial charge on any atom is 0.229 e. The highest BCUT2D eigenvalue weighted by atomic mass is 32.2. The predicted octanol–water partition coefficient (Wildman–Crippen LogP) is 2.68. The average molecular weight is 300 g/mol. The standard InChI is InChI=1S/C13H20N2O2S2/c1-2-10-12(19-6-5-18-10)13-14-11(17-15-13)7-9(16)8-3-4-8/h8-10,12,16H,2-7H2,1H3. The molecule has 4 nitrogen and oxygen atoms in total. The van der Waals surface area contributed by atoms with Crippen LogP contribution in [-0.2, 0) is 6.42 Å². The third-order valence-corrected chi connectivity index (χ3v) is 6.98. The van der Waals surface area contributed by atoms with E-state index in [2.05, 4.69) is 17.1 Å². The van der Waals surface area contributed by atoms with Crippen LogP contribution in [0.15, 0.2) is 4.52 Å². The first-order valence-electron chi connectivity index (χ1n) is 7.01. The summed E-state index contributed by atoms with van der Waals surface area (Å²) in [5.41, 5.74) is 0. The molecule has 1 aliphatic carbocycles. The molecule has 1 saturated heterocycles. The van der Waals surface area contributed by atoms with Crippen LogP contribution >= 0.6 is 23.5 Å². The Labute approximate surface area is 122 Å². The van der Waals surface area contributed by atoms with E-state index in [1.165, 1.54) is 5.75 Å². The molecular weight excluding hydrogens is 280 g/mol. The second kappa shape index (κ2) is 6.06. The highest BCUT2D eigenvalue weighted by Gasteiger charge is 2.33. The zero-order valence-corrected chi connectivity index (χ0v) is 12.8. The van der Waals surface area contributed by atoms with Crippen LogP contribution in [0.25, 0.3) is 0 Å². The summed E-state index contributed by atoms with van der Waals surface area (Å²) < 4.78 is 5.32. The Morgan fingerprint density at radius 1 is 1.37 bits per heavy atom. The van der Waals surface area contributed by atoms with Gasteiger partial charge in [-0.15, -0.1) is 11.8 Å². The van der Waals surface area contributed by atoms with Gasteiger partial charge in [-0.3, -0.25) is 0 Å². The van der Waals surface area contributed by atoms with Crippen molar-refractivity contribution in [3.05, 3.63) is 11.7 Å². The molecule has 3 atom stereocenters. The fourth-order valence-electron chi connectivity index (χ4n) is 2.44. The summed E-state index contributed by atoms with van der Waals surface area (Å²) >= 11 is 3.94. The molecular formula is C13H20N2O2S2. The largest absolute Gasteiger partial charge is 0.392 e. The molecule has 0 amide bonds. The van der Waals surface area contributed by atoms with Crippen molar-refractivity contribution >= 4 is 23.5 Å². The van der Waals surface area contributed by atoms with Crippen molar-refractivity contribution in [1.29, 1.82) is 0 Å². The normalized spacial score (nSPS) is 29.4. The van der Waals surface area contributed by atoms with E-state index < -0.39 is 0 Å². The fourth-order valence-corrected chi connectivity index (χ4v) is 5.42. The number of aliphatic hydroxyl groups is 1. The van der Waals surface area contributed by atoms with Crippen LogP contribution in [0.4, 0.5) is 0 Å². The van der Waals surface area contributed by atoms with Crippen LogP contribution in [0.3, 0.4) is 0 Å². The Hall–Kier alpha value is -0.200. The summed E-state index contributed by atoms with van der Waals surface area (Å²) in [6.07, 6.45) is 3.61. The van der Waals surface area contributed by atoms with Gasteiger partial charge in [-0.2, -0.15) is 16.7 Å². The van der Waals surface area contributed by atoms with Gasteiger partial charge in [0.2, 0.25) is 5.89 Å². The van der Waals surface area contributed by atoms with E-state index in [1.54, 1.807) is 0 Å². The van der Waals surface area contributed by atoms with Crippen molar-refractivity contribution in [1.82, 2.24) is 10.1 Å². The van der Waals surface area contributed by atoms with Gasteiger partial charge in [0, 0.05) is 16.8 Å². The van der Waals surface area contributed by atoms with Gasteiger partial charge in [0.25, 0.3) is 0 Å². The first-order valence-corrected chi connectivity index (χ1v) is 9.11. The quantitative estimate of drug-likeness (QED) is 0.902. The molecule has 6 heteroatoms. The van der Waals surface area contributed by atoms with Crippen molar-refractivity contribution in [2.45, 2.75) is 49.2 Å². The average Bonchev–Trinajstić information content (AvgIpc) is 3.20. The van der Waals surface area contributed by atoms with Crippen LogP contribution in [0.2, 0.25) is 0 Å². The molecule has 19 heavy (non-hydrogen) atoms. The van der Waals surface area contributed by atoms with Gasteiger partial charge in [-0.25, -0.2) is 0 Å². The monoisotopic (exact) mass is 300 g/mol. The molecule has 1 aliphatic heterocycles. The van der Waals surface area contributed by atoms with Gasteiger partial charge in [0.15, 0.2) is 5.82 Å². The van der Waals surface area contributed by atoms with Gasteiger partial charge in [-0.05, 0) is 25.2 Å². The maximum absolute atomic E-state index is 9.92. The third-order valence-electron chi connectivity index (χ3n) is 3.74. The Kier molecular flexibility index (Phi) is 4.39. The molecule has 0 spiro atoms. The molecule has 3 unspecified atom stereocenters. The van der Waals surface area contributed by atoms with E-state index in [4.69, 9.17) is 4.52 Å². The third kappa shape index (κ3) is 3.28. The van der Waals surface area contributed by atoms with Crippen LogP contribution in [-0.4, -0.2) is 38.1 Å². The SMILES string of the molecule is CCC1SCCSC1c1noc(CC(O)C2CC2)n1. The van der Waals surface area contributed by atoms with E-state index in [0.29, 0.717) is 28.7 Å². The van der Waals surface area contributed by atoms with Crippen molar-refractivity contribution in [3.8, 4) is 0 Å². The fraction of sp³-hybridized carbons (Fsp3) is 0.846. The van der Waals surface area contributed by atoms with Gasteiger partial charge >= 0.3 is 0 Å². The molecule has 1 aromatic rings. The highest BCUT2D eigenvalue weighted by Crippen LogP contribution is 2.43. The summed E-state index contributed by atoms with van der Waals surface area (Å²) in [6, 6.07) is 0. The number of thioether (sulfide) groups is 2. The number of hydrogen-bond acceptors (Lipinski definition) is 6. The van der Waals surface area contributed by atoms with E-state index >= 15 is 0 Å². The molecule has 0 radical (unpaired) electrons. The molecule has 2 heterocycles. The molecule has 1 N–H and O–H groups in total. The summed E-state index contributed by atoms with van der Waals surface area (Å²) in [5.74, 6) is 4.24. The Bertz CT molecular complexity index is 423. The lowest BCUT2D eigenvalue weighted by Gasteiger charge is -2.27. The second-order valence-corrected chi connectivity index (χ2v) is 7.86. The second-order valence-electron chi connectivity index (χ2n) is 5.26. The molecule has 0 bridgehead atoms. The summed E-state index contributed by atoms with van der Waals surface area (Å²) in [6.45, 7) is 2.22. The number of aromatic nitrogens is 2. The van der Waals surface area contributed by atoms with E-state index in [0.717, 1.165) is 30.8 Å². The zero-order valence-electron chi connectivity index (χ0n) is 11.1. The number of aliphatic hydroxyl groups excluding tert-OH is 1. The molecule has 3 rings (SSSR count). The predicted molar refractivity (Wildman–Crippen MR) is 78.5 cm³/mol. The van der Waals surface area contributed by atoms with Crippen molar-refractivity contribution in [3.63, 3.8) is 0 Å². The lowest BCUT2D eigenvalue weighted by molar-refractivity contribution is 0.140. The van der Waals surface area contributed by atoms with Gasteiger partial charge < -0.3 is 9.63 Å². The number of hydrogen-bond donors (Lipinski definition) is 1. The minimum Gasteiger partial charge on any atom is -0.392 e. The molecule has 0 aromatic carbocycles. The van der Waals surface area contributed by atoms with E-state index in [1.807, 2.05) is 23.5 Å². The van der Waals surface area contributed by atoms with Gasteiger partial charge in [0.1, 0.15) is 0 Å². The van der Waals surface area contributed by atoms with Crippen LogP contribution in [0.1, 0.15) is 43.2 Å². The van der Waals surface area contributed by atoms with Crippen LogP contribution < -0.4 is 0 Å². The number of rotatable bonds is 5. The number of nitrogens with zero attached hydrogens (tertiary/aromatic N) is 2. The minimum atomic E-state index is -0.302. The van der Waals surface area contributed by atoms with Crippen molar-refractivity contribution in [2.24, 2.45) is 5.92 Å². The van der Waals surface area contributed by atoms with Gasteiger partial charge in [0.05, 0.1) is 17.8 Å². The molecule has 2 fully saturated rings. The smallest absolute Gasteiger partial charge is 0.229 e. The van der Waals surface area contributed by atoms with Gasteiger partial charge in [-0.1, -0.05) is 12.1 Å². The first kappa shape index (κ1) is 13.8. The van der Waals surface area contributed by atoms with Crippen molar-refractivity contribution < 1.29 is 9.63 Å².